The van der Waals surface area contributed by atoms with Gasteiger partial charge in [-0.25, -0.2) is 8.42 Å². The molecule has 41 heavy (non-hydrogen) atoms. The van der Waals surface area contributed by atoms with Crippen LogP contribution in [0.5, 0.6) is 11.5 Å². The van der Waals surface area contributed by atoms with Crippen molar-refractivity contribution in [2.24, 2.45) is 4.15 Å². The Morgan fingerprint density at radius 1 is 0.707 bits per heavy atom. The Bertz CT molecular complexity index is 1930. The second kappa shape index (κ2) is 9.34. The van der Waals surface area contributed by atoms with Crippen LogP contribution in [0.2, 0.25) is 0 Å². The van der Waals surface area contributed by atoms with E-state index in [1.807, 2.05) is 0 Å². The Morgan fingerprint density at radius 3 is 1.51 bits per heavy atom. The lowest BCUT2D eigenvalue weighted by Crippen LogP contribution is -2.37. The number of nitrogens with zero attached hydrogens (tertiary/aromatic N) is 1. The zero-order chi connectivity index (χ0) is 30.2. The number of hydrogen-bond acceptors (Lipinski definition) is 6. The van der Waals surface area contributed by atoms with E-state index in [0.29, 0.717) is 21.5 Å². The van der Waals surface area contributed by atoms with Gasteiger partial charge in [-0.1, -0.05) is 52.7 Å². The Kier molecular flexibility index (Phi) is 6.65. The van der Waals surface area contributed by atoms with Crippen molar-refractivity contribution in [3.8, 4) is 22.6 Å². The largest absolute Gasteiger partial charge is 0.518 e. The summed E-state index contributed by atoms with van der Waals surface area (Å²) in [7, 11) is -19.0. The molecule has 0 atom stereocenters. The molecule has 0 unspecified atom stereocenters. The number of alkyl halides is 6. The van der Waals surface area contributed by atoms with Crippen molar-refractivity contribution in [3.05, 3.63) is 71.8 Å². The van der Waals surface area contributed by atoms with Gasteiger partial charge in [-0.05, 0) is 58.7 Å². The number of hydrogen-bond donors (Lipinski definition) is 1. The minimum atomic E-state index is -6.68. The van der Waals surface area contributed by atoms with Gasteiger partial charge in [0.15, 0.2) is 0 Å². The fourth-order valence-corrected chi connectivity index (χ4v) is 9.55. The molecule has 17 heteroatoms. The van der Waals surface area contributed by atoms with Crippen LogP contribution in [0.1, 0.15) is 11.1 Å². The topological polar surface area (TPSA) is 111 Å². The predicted molar refractivity (Wildman–Crippen MR) is 140 cm³/mol. The quantitative estimate of drug-likeness (QED) is 0.187. The summed E-state index contributed by atoms with van der Waals surface area (Å²) >= 11 is 0. The molecule has 0 bridgehead atoms. The van der Waals surface area contributed by atoms with Crippen LogP contribution < -0.4 is 13.5 Å². The standard InChI is InChI=1S/C24H17F6N2O6PS2/c1-13-11-15-7-3-5-9-17(15)19-20-18-10-6-4-8-16(18)12-14(2)22(20)38-39(37-21(13)19,31-40(33,34)23(25,26)27)32-41(35,36)24(28,29)30/h3-12,31H,1-2H3. The van der Waals surface area contributed by atoms with Crippen LogP contribution in [0.3, 0.4) is 0 Å². The first-order valence-electron chi connectivity index (χ1n) is 11.4. The van der Waals surface area contributed by atoms with E-state index in [1.165, 1.54) is 26.0 Å². The van der Waals surface area contributed by atoms with E-state index in [1.54, 1.807) is 48.5 Å². The number of halogens is 6. The van der Waals surface area contributed by atoms with E-state index in [4.69, 9.17) is 9.05 Å². The van der Waals surface area contributed by atoms with Crippen molar-refractivity contribution in [2.45, 2.75) is 24.9 Å². The van der Waals surface area contributed by atoms with Crippen molar-refractivity contribution in [1.29, 1.82) is 0 Å². The number of aryl methyl sites for hydroxylation is 2. The van der Waals surface area contributed by atoms with E-state index in [-0.39, 0.29) is 22.3 Å². The van der Waals surface area contributed by atoms with E-state index in [0.717, 1.165) is 4.49 Å². The molecule has 1 N–H and O–H groups in total. The second-order valence-electron chi connectivity index (χ2n) is 8.98. The molecule has 0 fully saturated rings. The zero-order valence-corrected chi connectivity index (χ0v) is 23.2. The van der Waals surface area contributed by atoms with Gasteiger partial charge in [-0.15, -0.1) is 4.49 Å². The van der Waals surface area contributed by atoms with Gasteiger partial charge >= 0.3 is 38.7 Å². The maximum absolute atomic E-state index is 13.5. The molecule has 8 nitrogen and oxygen atoms in total. The summed E-state index contributed by atoms with van der Waals surface area (Å²) in [5.41, 5.74) is -11.7. The van der Waals surface area contributed by atoms with E-state index >= 15 is 0 Å². The lowest BCUT2D eigenvalue weighted by Gasteiger charge is -2.25. The average Bonchev–Trinajstić information content (AvgIpc) is 2.98. The summed E-state index contributed by atoms with van der Waals surface area (Å²) in [6.07, 6.45) is 0. The fraction of sp³-hybridized carbons (Fsp3) is 0.167. The monoisotopic (exact) mass is 638 g/mol. The normalized spacial score (nSPS) is 15.4. The first-order chi connectivity index (χ1) is 18.9. The number of benzene rings is 4. The lowest BCUT2D eigenvalue weighted by atomic mass is 9.89. The molecule has 1 heterocycles. The molecular weight excluding hydrogens is 621 g/mol. The van der Waals surface area contributed by atoms with E-state index < -0.39 is 50.2 Å². The molecule has 0 spiro atoms. The van der Waals surface area contributed by atoms with Gasteiger partial charge in [-0.2, -0.15) is 34.8 Å². The minimum absolute atomic E-state index is 0.121. The van der Waals surface area contributed by atoms with Gasteiger partial charge in [0.25, 0.3) is 0 Å². The van der Waals surface area contributed by atoms with Crippen molar-refractivity contribution < 1.29 is 52.2 Å². The first-order valence-corrected chi connectivity index (χ1v) is 15.9. The zero-order valence-electron chi connectivity index (χ0n) is 20.7. The van der Waals surface area contributed by atoms with Crippen LogP contribution in [0, 0.1) is 13.8 Å². The highest BCUT2D eigenvalue weighted by Crippen LogP contribution is 2.61. The van der Waals surface area contributed by atoms with Gasteiger partial charge in [0.1, 0.15) is 11.5 Å². The van der Waals surface area contributed by atoms with Gasteiger partial charge in [0.2, 0.25) is 0 Å². The Labute approximate surface area is 229 Å². The highest BCUT2D eigenvalue weighted by molar-refractivity contribution is 7.99. The van der Waals surface area contributed by atoms with Crippen molar-refractivity contribution in [3.63, 3.8) is 0 Å². The number of rotatable bonds is 3. The molecule has 0 saturated heterocycles. The van der Waals surface area contributed by atoms with Crippen LogP contribution in [0.25, 0.3) is 32.7 Å². The molecule has 4 aromatic carbocycles. The number of nitrogens with one attached hydrogen (secondary N) is 1. The molecule has 218 valence electrons. The average molecular weight is 639 g/mol. The van der Waals surface area contributed by atoms with Crippen LogP contribution in [-0.2, 0) is 20.0 Å². The number of fused-ring (bicyclic) bond motifs is 7. The van der Waals surface area contributed by atoms with Crippen molar-refractivity contribution in [2.75, 3.05) is 0 Å². The second-order valence-corrected chi connectivity index (χ2v) is 14.7. The smallest absolute Gasteiger partial charge is 0.417 e. The third-order valence-electron chi connectivity index (χ3n) is 6.10. The van der Waals surface area contributed by atoms with Gasteiger partial charge in [-0.3, -0.25) is 0 Å². The molecule has 0 aliphatic carbocycles. The van der Waals surface area contributed by atoms with Gasteiger partial charge < -0.3 is 9.05 Å². The summed E-state index contributed by atoms with van der Waals surface area (Å²) < 4.78 is 145. The van der Waals surface area contributed by atoms with Crippen LogP contribution in [0.4, 0.5) is 26.3 Å². The van der Waals surface area contributed by atoms with E-state index in [9.17, 15) is 43.2 Å². The summed E-state index contributed by atoms with van der Waals surface area (Å²) in [6, 6.07) is 16.2. The maximum atomic E-state index is 13.5. The lowest BCUT2D eigenvalue weighted by molar-refractivity contribution is -0.0443. The fourth-order valence-electron chi connectivity index (χ4n) is 4.41. The summed E-state index contributed by atoms with van der Waals surface area (Å²) in [6.45, 7) is 2.80. The molecule has 0 radical (unpaired) electrons. The van der Waals surface area contributed by atoms with E-state index in [2.05, 4.69) is 4.15 Å². The molecule has 4 aromatic rings. The van der Waals surface area contributed by atoms with Crippen LogP contribution in [-0.4, -0.2) is 27.9 Å². The molecule has 5 rings (SSSR count). The van der Waals surface area contributed by atoms with Crippen molar-refractivity contribution in [1.82, 2.24) is 4.49 Å². The molecule has 0 amide bonds. The molecule has 1 aliphatic heterocycles. The highest BCUT2D eigenvalue weighted by atomic mass is 32.2. The summed E-state index contributed by atoms with van der Waals surface area (Å²) in [5, 5.41) is 1.99. The third-order valence-corrected chi connectivity index (χ3v) is 11.8. The molecular formula is C24H17F6N2O6PS2. The number of sulfonamides is 2. The van der Waals surface area contributed by atoms with Gasteiger partial charge in [0.05, 0.1) is 0 Å². The minimum Gasteiger partial charge on any atom is -0.417 e. The molecule has 0 aromatic heterocycles. The summed E-state index contributed by atoms with van der Waals surface area (Å²) in [5.74, 6) is -0.838. The maximum Gasteiger partial charge on any atom is 0.518 e. The van der Waals surface area contributed by atoms with Gasteiger partial charge in [0, 0.05) is 11.1 Å². The van der Waals surface area contributed by atoms with Crippen LogP contribution >= 0.6 is 7.66 Å². The predicted octanol–water partition coefficient (Wildman–Crippen LogP) is 7.28. The Hall–Kier alpha value is -3.33. The summed E-state index contributed by atoms with van der Waals surface area (Å²) in [4.78, 5) is 0. The first kappa shape index (κ1) is 29.2. The van der Waals surface area contributed by atoms with Crippen molar-refractivity contribution >= 4 is 49.3 Å². The molecule has 0 saturated carbocycles. The Balaban J connectivity index is 2.02. The third kappa shape index (κ3) is 4.92. The Morgan fingerprint density at radius 2 is 1.12 bits per heavy atom. The molecule has 1 aliphatic rings. The SMILES string of the molecule is Cc1cc2ccccc2c2c1OP(=NS(=O)(=O)C(F)(F)F)(NS(=O)(=O)C(F)(F)F)Oc1c(C)cc3ccccc3c1-2. The highest BCUT2D eigenvalue weighted by Gasteiger charge is 2.55. The van der Waals surface area contributed by atoms with Crippen LogP contribution in [0.15, 0.2) is 64.8 Å².